The van der Waals surface area contributed by atoms with Crippen molar-refractivity contribution < 1.29 is 9.53 Å². The van der Waals surface area contributed by atoms with Crippen LogP contribution in [0.25, 0.3) is 0 Å². The van der Waals surface area contributed by atoms with Crippen LogP contribution in [0.4, 0.5) is 4.79 Å². The van der Waals surface area contributed by atoms with Gasteiger partial charge in [0.2, 0.25) is 0 Å². The molecule has 1 aliphatic heterocycles. The molecule has 0 bridgehead atoms. The Kier molecular flexibility index (Phi) is 7.33. The molecule has 130 valence electrons. The fraction of sp³-hybridized carbons (Fsp3) is 0.706. The van der Waals surface area contributed by atoms with Gasteiger partial charge in [0, 0.05) is 31.1 Å². The van der Waals surface area contributed by atoms with Crippen LogP contribution in [0, 0.1) is 6.92 Å². The van der Waals surface area contributed by atoms with Crippen molar-refractivity contribution in [2.45, 2.75) is 38.8 Å². The van der Waals surface area contributed by atoms with Crippen molar-refractivity contribution in [1.82, 2.24) is 15.1 Å². The maximum Gasteiger partial charge on any atom is 0.317 e. The summed E-state index contributed by atoms with van der Waals surface area (Å²) in [6, 6.07) is 2.12. The zero-order valence-corrected chi connectivity index (χ0v) is 15.3. The van der Waals surface area contributed by atoms with Crippen molar-refractivity contribution in [3.05, 3.63) is 21.9 Å². The van der Waals surface area contributed by atoms with E-state index in [1.54, 1.807) is 11.3 Å². The first kappa shape index (κ1) is 18.2. The first-order valence-electron chi connectivity index (χ1n) is 8.38. The Morgan fingerprint density at radius 2 is 2.22 bits per heavy atom. The molecule has 1 aromatic rings. The van der Waals surface area contributed by atoms with E-state index in [0.29, 0.717) is 13.1 Å². The van der Waals surface area contributed by atoms with Crippen molar-refractivity contribution in [1.29, 1.82) is 0 Å². The third-order valence-electron chi connectivity index (χ3n) is 4.16. The number of nitrogens with zero attached hydrogens (tertiary/aromatic N) is 2. The molecule has 23 heavy (non-hydrogen) atoms. The summed E-state index contributed by atoms with van der Waals surface area (Å²) < 4.78 is 5.69. The van der Waals surface area contributed by atoms with Crippen LogP contribution >= 0.6 is 11.3 Å². The van der Waals surface area contributed by atoms with Crippen LogP contribution in [0.5, 0.6) is 0 Å². The van der Waals surface area contributed by atoms with Gasteiger partial charge in [-0.3, -0.25) is 0 Å². The molecule has 1 atom stereocenters. The lowest BCUT2D eigenvalue weighted by molar-refractivity contribution is 0.0176. The lowest BCUT2D eigenvalue weighted by atomic mass is 10.1. The molecule has 0 spiro atoms. The number of carbonyl (C=O) groups is 1. The number of hydrogen-bond acceptors (Lipinski definition) is 4. The second-order valence-corrected chi connectivity index (χ2v) is 7.43. The van der Waals surface area contributed by atoms with Gasteiger partial charge in [-0.25, -0.2) is 4.79 Å². The summed E-state index contributed by atoms with van der Waals surface area (Å²) in [5, 5.41) is 5.14. The van der Waals surface area contributed by atoms with Gasteiger partial charge in [0.25, 0.3) is 0 Å². The monoisotopic (exact) mass is 339 g/mol. The van der Waals surface area contributed by atoms with Gasteiger partial charge in [-0.15, -0.1) is 11.3 Å². The first-order valence-corrected chi connectivity index (χ1v) is 9.26. The zero-order chi connectivity index (χ0) is 16.7. The van der Waals surface area contributed by atoms with Gasteiger partial charge in [-0.2, -0.15) is 0 Å². The summed E-state index contributed by atoms with van der Waals surface area (Å²) in [4.78, 5) is 17.8. The third-order valence-corrected chi connectivity index (χ3v) is 5.17. The quantitative estimate of drug-likeness (QED) is 0.831. The number of aryl methyl sites for hydroxylation is 1. The van der Waals surface area contributed by atoms with Gasteiger partial charge in [0.05, 0.1) is 12.6 Å². The molecule has 0 saturated carbocycles. The summed E-state index contributed by atoms with van der Waals surface area (Å²) in [5.74, 6) is 0. The predicted octanol–water partition coefficient (Wildman–Crippen LogP) is 2.70. The maximum atomic E-state index is 12.6. The lowest BCUT2D eigenvalue weighted by Gasteiger charge is -2.27. The van der Waals surface area contributed by atoms with Crippen molar-refractivity contribution in [3.63, 3.8) is 0 Å². The maximum absolute atomic E-state index is 12.6. The molecule has 1 saturated heterocycles. The van der Waals surface area contributed by atoms with E-state index in [2.05, 4.69) is 28.6 Å². The highest BCUT2D eigenvalue weighted by Gasteiger charge is 2.19. The highest BCUT2D eigenvalue weighted by atomic mass is 32.1. The summed E-state index contributed by atoms with van der Waals surface area (Å²) in [6.45, 7) is 5.79. The Labute approximate surface area is 143 Å². The van der Waals surface area contributed by atoms with E-state index in [1.807, 2.05) is 19.0 Å². The molecule has 0 aliphatic carbocycles. The lowest BCUT2D eigenvalue weighted by Crippen LogP contribution is -2.45. The van der Waals surface area contributed by atoms with Crippen LogP contribution in [0.3, 0.4) is 0 Å². The van der Waals surface area contributed by atoms with Crippen LogP contribution < -0.4 is 5.32 Å². The van der Waals surface area contributed by atoms with Gasteiger partial charge >= 0.3 is 6.03 Å². The molecule has 1 aromatic heterocycles. The van der Waals surface area contributed by atoms with Gasteiger partial charge in [0.15, 0.2) is 0 Å². The average Bonchev–Trinajstić information content (AvgIpc) is 2.95. The van der Waals surface area contributed by atoms with E-state index in [9.17, 15) is 4.79 Å². The van der Waals surface area contributed by atoms with Gasteiger partial charge < -0.3 is 19.9 Å². The number of nitrogens with one attached hydrogen (secondary N) is 1. The number of thiophene rings is 1. The topological polar surface area (TPSA) is 44.8 Å². The van der Waals surface area contributed by atoms with Crippen LogP contribution in [-0.2, 0) is 11.3 Å². The molecular formula is C17H29N3O2S. The second kappa shape index (κ2) is 9.25. The fourth-order valence-corrected chi connectivity index (χ4v) is 3.51. The number of carbonyl (C=O) groups excluding carboxylic acids is 1. The van der Waals surface area contributed by atoms with Crippen molar-refractivity contribution in [2.24, 2.45) is 0 Å². The minimum absolute atomic E-state index is 0.00817. The molecule has 0 radical (unpaired) electrons. The van der Waals surface area contributed by atoms with E-state index >= 15 is 0 Å². The average molecular weight is 340 g/mol. The first-order chi connectivity index (χ1) is 11.1. The number of likely N-dealkylation sites (N-methyl/N-ethyl adjacent to an activating group) is 1. The predicted molar refractivity (Wildman–Crippen MR) is 95.0 cm³/mol. The number of hydrogen-bond donors (Lipinski definition) is 1. The Morgan fingerprint density at radius 3 is 2.83 bits per heavy atom. The van der Waals surface area contributed by atoms with E-state index in [0.717, 1.165) is 32.5 Å². The standard InChI is InChI=1S/C17H29N3O2S/c1-14-7-11-23-16(14)13-20(9-8-19(2)3)17(21)18-12-15-6-4-5-10-22-15/h7,11,15H,4-6,8-10,12-13H2,1-3H3,(H,18,21). The Bertz CT molecular complexity index is 484. The zero-order valence-electron chi connectivity index (χ0n) is 14.5. The second-order valence-electron chi connectivity index (χ2n) is 6.43. The third kappa shape index (κ3) is 6.12. The summed E-state index contributed by atoms with van der Waals surface area (Å²) in [5.41, 5.74) is 1.26. The van der Waals surface area contributed by atoms with E-state index in [1.165, 1.54) is 16.9 Å². The molecule has 2 rings (SSSR count). The molecule has 2 heterocycles. The highest BCUT2D eigenvalue weighted by molar-refractivity contribution is 7.10. The van der Waals surface area contributed by atoms with Crippen LogP contribution in [-0.4, -0.2) is 62.3 Å². The number of ether oxygens (including phenoxy) is 1. The van der Waals surface area contributed by atoms with E-state index in [4.69, 9.17) is 4.74 Å². The van der Waals surface area contributed by atoms with Crippen molar-refractivity contribution >= 4 is 17.4 Å². The van der Waals surface area contributed by atoms with E-state index < -0.39 is 0 Å². The molecule has 1 N–H and O–H groups in total. The van der Waals surface area contributed by atoms with Gasteiger partial charge in [0.1, 0.15) is 0 Å². The van der Waals surface area contributed by atoms with Crippen molar-refractivity contribution in [3.8, 4) is 0 Å². The normalized spacial score (nSPS) is 18.2. The Balaban J connectivity index is 1.88. The highest BCUT2D eigenvalue weighted by Crippen LogP contribution is 2.18. The SMILES string of the molecule is Cc1ccsc1CN(CCN(C)C)C(=O)NCC1CCCCO1. The number of rotatable bonds is 7. The molecular weight excluding hydrogens is 310 g/mol. The van der Waals surface area contributed by atoms with Gasteiger partial charge in [-0.1, -0.05) is 0 Å². The molecule has 2 amide bonds. The smallest absolute Gasteiger partial charge is 0.317 e. The summed E-state index contributed by atoms with van der Waals surface area (Å²) >= 11 is 1.72. The fourth-order valence-electron chi connectivity index (χ4n) is 2.59. The number of amides is 2. The minimum Gasteiger partial charge on any atom is -0.376 e. The molecule has 1 fully saturated rings. The van der Waals surface area contributed by atoms with Crippen LogP contribution in [0.15, 0.2) is 11.4 Å². The largest absolute Gasteiger partial charge is 0.376 e. The van der Waals surface area contributed by atoms with Crippen molar-refractivity contribution in [2.75, 3.05) is 40.3 Å². The molecule has 6 heteroatoms. The number of urea groups is 1. The van der Waals surface area contributed by atoms with Gasteiger partial charge in [-0.05, 0) is 57.3 Å². The molecule has 1 unspecified atom stereocenters. The van der Waals surface area contributed by atoms with E-state index in [-0.39, 0.29) is 12.1 Å². The van der Waals surface area contributed by atoms with Crippen LogP contribution in [0.1, 0.15) is 29.7 Å². The summed E-state index contributed by atoms with van der Waals surface area (Å²) in [6.07, 6.45) is 3.55. The Morgan fingerprint density at radius 1 is 1.39 bits per heavy atom. The molecule has 5 nitrogen and oxygen atoms in total. The Hall–Kier alpha value is -1.11. The van der Waals surface area contributed by atoms with Crippen LogP contribution in [0.2, 0.25) is 0 Å². The molecule has 0 aromatic carbocycles. The summed E-state index contributed by atoms with van der Waals surface area (Å²) in [7, 11) is 4.06. The minimum atomic E-state index is 0.00817. The molecule has 1 aliphatic rings.